The Hall–Kier alpha value is -3.88. The van der Waals surface area contributed by atoms with E-state index in [2.05, 4.69) is 5.32 Å². The summed E-state index contributed by atoms with van der Waals surface area (Å²) < 4.78 is 23.2. The van der Waals surface area contributed by atoms with Crippen molar-refractivity contribution in [1.82, 2.24) is 5.32 Å². The Bertz CT molecular complexity index is 975. The van der Waals surface area contributed by atoms with Crippen LogP contribution in [0.25, 0.3) is 6.08 Å². The van der Waals surface area contributed by atoms with Crippen LogP contribution in [0.5, 0.6) is 17.2 Å². The number of rotatable bonds is 4. The topological polar surface area (TPSA) is 105 Å². The van der Waals surface area contributed by atoms with Crippen molar-refractivity contribution in [2.24, 2.45) is 0 Å². The molecule has 8 nitrogen and oxygen atoms in total. The number of imide groups is 2. The molecule has 1 aliphatic rings. The summed E-state index contributed by atoms with van der Waals surface area (Å²) in [6.45, 7) is 0. The molecule has 1 aliphatic heterocycles. The van der Waals surface area contributed by atoms with E-state index >= 15 is 0 Å². The van der Waals surface area contributed by atoms with Gasteiger partial charge in [0.25, 0.3) is 11.8 Å². The molecule has 0 saturated carbocycles. The molecule has 0 aliphatic carbocycles. The van der Waals surface area contributed by atoms with Crippen molar-refractivity contribution in [1.29, 1.82) is 0 Å². The second-order valence-corrected chi connectivity index (χ2v) is 5.71. The molecule has 0 radical (unpaired) electrons. The number of carbonyl (C=O) groups is 3. The molecule has 0 bridgehead atoms. The highest BCUT2D eigenvalue weighted by atomic mass is 19.1. The minimum absolute atomic E-state index is 0.0707. The van der Waals surface area contributed by atoms with Crippen molar-refractivity contribution in [3.05, 3.63) is 53.4 Å². The third-order valence-electron chi connectivity index (χ3n) is 4.00. The van der Waals surface area contributed by atoms with Crippen molar-refractivity contribution < 1.29 is 33.4 Å². The summed E-state index contributed by atoms with van der Waals surface area (Å²) in [6.07, 6.45) is 1.23. The largest absolute Gasteiger partial charge is 0.502 e. The van der Waals surface area contributed by atoms with Crippen LogP contribution in [0.1, 0.15) is 5.56 Å². The number of methoxy groups -OCH3 is 2. The van der Waals surface area contributed by atoms with Crippen molar-refractivity contribution in [3.8, 4) is 17.2 Å². The maximum Gasteiger partial charge on any atom is 0.335 e. The number of halogens is 1. The van der Waals surface area contributed by atoms with E-state index in [-0.39, 0.29) is 28.5 Å². The van der Waals surface area contributed by atoms with Gasteiger partial charge in [-0.2, -0.15) is 0 Å². The maximum absolute atomic E-state index is 13.1. The van der Waals surface area contributed by atoms with Crippen LogP contribution in [0.3, 0.4) is 0 Å². The van der Waals surface area contributed by atoms with E-state index in [1.807, 2.05) is 0 Å². The molecule has 3 rings (SSSR count). The minimum Gasteiger partial charge on any atom is -0.502 e. The lowest BCUT2D eigenvalue weighted by atomic mass is 10.1. The van der Waals surface area contributed by atoms with E-state index in [4.69, 9.17) is 9.47 Å². The highest BCUT2D eigenvalue weighted by Gasteiger charge is 2.36. The summed E-state index contributed by atoms with van der Waals surface area (Å²) >= 11 is 0. The van der Waals surface area contributed by atoms with Crippen LogP contribution >= 0.6 is 0 Å². The summed E-state index contributed by atoms with van der Waals surface area (Å²) in [4.78, 5) is 37.8. The molecular weight excluding hydrogens is 371 g/mol. The molecule has 144 valence electrons. The number of carbonyl (C=O) groups excluding carboxylic acids is 3. The monoisotopic (exact) mass is 386 g/mol. The molecule has 28 heavy (non-hydrogen) atoms. The van der Waals surface area contributed by atoms with Crippen LogP contribution in [-0.2, 0) is 9.59 Å². The average molecular weight is 386 g/mol. The average Bonchev–Trinajstić information content (AvgIpc) is 2.67. The lowest BCUT2D eigenvalue weighted by Crippen LogP contribution is -2.54. The molecule has 2 N–H and O–H groups in total. The number of hydrogen-bond donors (Lipinski definition) is 2. The van der Waals surface area contributed by atoms with Gasteiger partial charge in [-0.1, -0.05) is 0 Å². The Kier molecular flexibility index (Phi) is 4.99. The van der Waals surface area contributed by atoms with Crippen molar-refractivity contribution in [3.63, 3.8) is 0 Å². The number of barbiturate groups is 1. The molecule has 2 aromatic rings. The lowest BCUT2D eigenvalue weighted by Gasteiger charge is -2.26. The van der Waals surface area contributed by atoms with Gasteiger partial charge < -0.3 is 14.6 Å². The predicted octanol–water partition coefficient (Wildman–Crippen LogP) is 2.21. The number of hydrogen-bond acceptors (Lipinski definition) is 6. The van der Waals surface area contributed by atoms with Gasteiger partial charge in [-0.05, 0) is 48.0 Å². The number of aromatic hydroxyl groups is 1. The standard InChI is InChI=1S/C19H15FN2O6/c1-27-14-8-10(9-15(28-2)16(14)23)7-13-17(24)21-19(26)22(18(13)25)12-5-3-11(20)4-6-12/h3-9,23H,1-2H3,(H,21,24,26). The molecule has 1 heterocycles. The third kappa shape index (κ3) is 3.37. The number of anilines is 1. The van der Waals surface area contributed by atoms with Crippen LogP contribution in [0.4, 0.5) is 14.9 Å². The Labute approximate surface area is 158 Å². The van der Waals surface area contributed by atoms with E-state index in [9.17, 15) is 23.9 Å². The number of benzene rings is 2. The number of urea groups is 1. The van der Waals surface area contributed by atoms with Gasteiger partial charge in [0.1, 0.15) is 11.4 Å². The van der Waals surface area contributed by atoms with E-state index < -0.39 is 23.7 Å². The zero-order valence-electron chi connectivity index (χ0n) is 14.9. The Balaban J connectivity index is 2.05. The van der Waals surface area contributed by atoms with E-state index in [0.717, 1.165) is 17.0 Å². The van der Waals surface area contributed by atoms with Crippen molar-refractivity contribution in [2.45, 2.75) is 0 Å². The van der Waals surface area contributed by atoms with Crippen LogP contribution in [0.15, 0.2) is 42.0 Å². The molecule has 0 unspecified atom stereocenters. The second kappa shape index (κ2) is 7.39. The zero-order chi connectivity index (χ0) is 20.4. The molecule has 0 atom stereocenters. The van der Waals surface area contributed by atoms with Crippen molar-refractivity contribution >= 4 is 29.6 Å². The number of phenolic OH excluding ortho intramolecular Hbond substituents is 1. The summed E-state index contributed by atoms with van der Waals surface area (Å²) in [5, 5.41) is 12.0. The van der Waals surface area contributed by atoms with Gasteiger partial charge in [0, 0.05) is 0 Å². The molecule has 9 heteroatoms. The fourth-order valence-corrected chi connectivity index (χ4v) is 2.65. The fourth-order valence-electron chi connectivity index (χ4n) is 2.65. The van der Waals surface area contributed by atoms with Gasteiger partial charge in [-0.25, -0.2) is 14.1 Å². The van der Waals surface area contributed by atoms with Gasteiger partial charge in [0.15, 0.2) is 11.5 Å². The third-order valence-corrected chi connectivity index (χ3v) is 4.00. The number of nitrogens with zero attached hydrogens (tertiary/aromatic N) is 1. The first kappa shape index (κ1) is 18.9. The normalized spacial score (nSPS) is 15.6. The first-order valence-electron chi connectivity index (χ1n) is 7.97. The highest BCUT2D eigenvalue weighted by Crippen LogP contribution is 2.38. The fraction of sp³-hybridized carbons (Fsp3) is 0.105. The minimum atomic E-state index is -0.945. The van der Waals surface area contributed by atoms with Crippen LogP contribution < -0.4 is 19.7 Å². The SMILES string of the molecule is COc1cc(C=C2C(=O)NC(=O)N(c3ccc(F)cc3)C2=O)cc(OC)c1O. The quantitative estimate of drug-likeness (QED) is 0.617. The van der Waals surface area contributed by atoms with E-state index in [0.29, 0.717) is 5.56 Å². The van der Waals surface area contributed by atoms with Gasteiger partial charge >= 0.3 is 6.03 Å². The van der Waals surface area contributed by atoms with Crippen LogP contribution in [0, 0.1) is 5.82 Å². The molecule has 1 fully saturated rings. The number of ether oxygens (including phenoxy) is 2. The number of phenols is 1. The van der Waals surface area contributed by atoms with Gasteiger partial charge in [0.05, 0.1) is 19.9 Å². The Morgan fingerprint density at radius 1 is 1.04 bits per heavy atom. The molecule has 0 aromatic heterocycles. The smallest absolute Gasteiger partial charge is 0.335 e. The van der Waals surface area contributed by atoms with Crippen LogP contribution in [-0.4, -0.2) is 37.2 Å². The zero-order valence-corrected chi connectivity index (χ0v) is 14.9. The number of nitrogens with one attached hydrogen (secondary N) is 1. The first-order chi connectivity index (χ1) is 13.3. The predicted molar refractivity (Wildman–Crippen MR) is 96.6 cm³/mol. The van der Waals surface area contributed by atoms with E-state index in [1.165, 1.54) is 44.6 Å². The lowest BCUT2D eigenvalue weighted by molar-refractivity contribution is -0.122. The second-order valence-electron chi connectivity index (χ2n) is 5.71. The van der Waals surface area contributed by atoms with E-state index in [1.54, 1.807) is 0 Å². The molecular formula is C19H15FN2O6. The Morgan fingerprint density at radius 3 is 2.14 bits per heavy atom. The summed E-state index contributed by atoms with van der Waals surface area (Å²) in [7, 11) is 2.66. The van der Waals surface area contributed by atoms with Gasteiger partial charge in [-0.15, -0.1) is 0 Å². The molecule has 4 amide bonds. The van der Waals surface area contributed by atoms with Crippen LogP contribution in [0.2, 0.25) is 0 Å². The molecule has 2 aromatic carbocycles. The van der Waals surface area contributed by atoms with Gasteiger partial charge in [0.2, 0.25) is 5.75 Å². The first-order valence-corrected chi connectivity index (χ1v) is 7.97. The van der Waals surface area contributed by atoms with Gasteiger partial charge in [-0.3, -0.25) is 14.9 Å². The summed E-state index contributed by atoms with van der Waals surface area (Å²) in [5.41, 5.74) is 0.0836. The highest BCUT2D eigenvalue weighted by molar-refractivity contribution is 6.39. The summed E-state index contributed by atoms with van der Waals surface area (Å²) in [5.74, 6) is -2.41. The summed E-state index contributed by atoms with van der Waals surface area (Å²) in [6, 6.07) is 6.50. The molecule has 1 saturated heterocycles. The molecule has 0 spiro atoms. The number of amides is 4. The maximum atomic E-state index is 13.1. The Morgan fingerprint density at radius 2 is 1.61 bits per heavy atom. The van der Waals surface area contributed by atoms with Crippen molar-refractivity contribution in [2.75, 3.05) is 19.1 Å².